The Labute approximate surface area is 233 Å². The van der Waals surface area contributed by atoms with Crippen LogP contribution in [0.4, 0.5) is 23.1 Å². The van der Waals surface area contributed by atoms with Gasteiger partial charge in [-0.2, -0.15) is 15.5 Å². The molecule has 1 saturated heterocycles. The molecule has 0 saturated carbocycles. The molecular formula is C30H31N7O3. The van der Waals surface area contributed by atoms with Gasteiger partial charge in [0.05, 0.1) is 36.1 Å². The summed E-state index contributed by atoms with van der Waals surface area (Å²) in [6.45, 7) is 5.05. The van der Waals surface area contributed by atoms with E-state index in [1.807, 2.05) is 32.0 Å². The molecule has 2 aromatic carbocycles. The van der Waals surface area contributed by atoms with Gasteiger partial charge in [0.25, 0.3) is 5.91 Å². The summed E-state index contributed by atoms with van der Waals surface area (Å²) in [5.74, 6) is 0.243. The zero-order chi connectivity index (χ0) is 28.5. The number of amides is 1. The fourth-order valence-electron chi connectivity index (χ4n) is 4.53. The standard InChI is InChI=1S/C30H31N7O3/c1-19-14-22(6-4-12-31)15-20(2)27(19)36-28-26(29(38)33-17-24-7-5-13-40-24)25(18-39-3)35-30(37-28)34-23-10-8-21(16-32)9-11-23/h4,6,8-11,14-15,24H,5,7,13,17-18H2,1-3H3,(H,33,38)(H2,34,35,36,37)/b6-4+. The minimum atomic E-state index is -0.334. The number of hydrogen-bond acceptors (Lipinski definition) is 9. The van der Waals surface area contributed by atoms with Gasteiger partial charge in [-0.15, -0.1) is 0 Å². The first-order valence-corrected chi connectivity index (χ1v) is 12.9. The normalized spacial score (nSPS) is 14.5. The Morgan fingerprint density at radius 1 is 1.15 bits per heavy atom. The Bertz CT molecular complexity index is 1460. The Morgan fingerprint density at radius 3 is 2.52 bits per heavy atom. The molecule has 1 aliphatic rings. The fourth-order valence-corrected chi connectivity index (χ4v) is 4.53. The highest BCUT2D eigenvalue weighted by atomic mass is 16.5. The van der Waals surface area contributed by atoms with Gasteiger partial charge in [0.1, 0.15) is 11.4 Å². The largest absolute Gasteiger partial charge is 0.378 e. The molecule has 10 heteroatoms. The van der Waals surface area contributed by atoms with Crippen LogP contribution in [0, 0.1) is 36.5 Å². The van der Waals surface area contributed by atoms with E-state index in [4.69, 9.17) is 25.0 Å². The molecule has 0 bridgehead atoms. The summed E-state index contributed by atoms with van der Waals surface area (Å²) in [5, 5.41) is 27.5. The number of ether oxygens (including phenoxy) is 2. The van der Waals surface area contributed by atoms with Crippen molar-refractivity contribution in [3.8, 4) is 12.1 Å². The number of nitriles is 2. The molecule has 40 heavy (non-hydrogen) atoms. The highest BCUT2D eigenvalue weighted by Crippen LogP contribution is 2.30. The lowest BCUT2D eigenvalue weighted by atomic mass is 10.0. The Balaban J connectivity index is 1.75. The molecule has 1 atom stereocenters. The molecule has 3 aromatic rings. The maximum absolute atomic E-state index is 13.6. The summed E-state index contributed by atoms with van der Waals surface area (Å²) < 4.78 is 11.1. The van der Waals surface area contributed by atoms with Gasteiger partial charge in [0, 0.05) is 37.7 Å². The van der Waals surface area contributed by atoms with Crippen molar-refractivity contribution in [3.05, 3.63) is 76.0 Å². The number of hydrogen-bond donors (Lipinski definition) is 3. The van der Waals surface area contributed by atoms with Gasteiger partial charge in [-0.25, -0.2) is 4.98 Å². The van der Waals surface area contributed by atoms with E-state index in [2.05, 4.69) is 27.0 Å². The van der Waals surface area contributed by atoms with Crippen LogP contribution in [0.15, 0.2) is 42.5 Å². The first kappa shape index (κ1) is 28.2. The van der Waals surface area contributed by atoms with Crippen LogP contribution in [0.2, 0.25) is 0 Å². The van der Waals surface area contributed by atoms with Crippen LogP contribution < -0.4 is 16.0 Å². The van der Waals surface area contributed by atoms with E-state index in [9.17, 15) is 4.79 Å². The van der Waals surface area contributed by atoms with Gasteiger partial charge < -0.3 is 25.4 Å². The number of carbonyl (C=O) groups is 1. The number of benzene rings is 2. The second kappa shape index (κ2) is 13.3. The Kier molecular flexibility index (Phi) is 9.42. The Morgan fingerprint density at radius 2 is 1.90 bits per heavy atom. The van der Waals surface area contributed by atoms with E-state index in [1.54, 1.807) is 37.5 Å². The van der Waals surface area contributed by atoms with Crippen LogP contribution in [-0.2, 0) is 16.1 Å². The molecule has 3 N–H and O–H groups in total. The van der Waals surface area contributed by atoms with Crippen molar-refractivity contribution in [1.29, 1.82) is 10.5 Å². The predicted octanol–water partition coefficient (Wildman–Crippen LogP) is 5.04. The van der Waals surface area contributed by atoms with Crippen LogP contribution in [-0.4, -0.2) is 42.2 Å². The van der Waals surface area contributed by atoms with Crippen molar-refractivity contribution >= 4 is 35.1 Å². The van der Waals surface area contributed by atoms with Crippen molar-refractivity contribution < 1.29 is 14.3 Å². The van der Waals surface area contributed by atoms with Crippen molar-refractivity contribution in [2.75, 3.05) is 30.9 Å². The average molecular weight is 538 g/mol. The number of aryl methyl sites for hydroxylation is 2. The number of methoxy groups -OCH3 is 1. The molecule has 1 aromatic heterocycles. The van der Waals surface area contributed by atoms with Crippen LogP contribution in [0.25, 0.3) is 6.08 Å². The third-order valence-electron chi connectivity index (χ3n) is 6.43. The second-order valence-electron chi connectivity index (χ2n) is 9.43. The average Bonchev–Trinajstić information content (AvgIpc) is 3.47. The minimum absolute atomic E-state index is 0.0250. The number of rotatable bonds is 10. The van der Waals surface area contributed by atoms with Gasteiger partial charge in [0.2, 0.25) is 5.95 Å². The van der Waals surface area contributed by atoms with E-state index in [-0.39, 0.29) is 30.1 Å². The maximum atomic E-state index is 13.6. The van der Waals surface area contributed by atoms with Crippen LogP contribution in [0.1, 0.15) is 51.1 Å². The van der Waals surface area contributed by atoms with E-state index >= 15 is 0 Å². The van der Waals surface area contributed by atoms with Crippen molar-refractivity contribution in [2.45, 2.75) is 39.4 Å². The summed E-state index contributed by atoms with van der Waals surface area (Å²) in [5.41, 5.74) is 5.41. The van der Waals surface area contributed by atoms with Gasteiger partial charge in [0.15, 0.2) is 0 Å². The van der Waals surface area contributed by atoms with E-state index in [0.717, 1.165) is 35.2 Å². The lowest BCUT2D eigenvalue weighted by Crippen LogP contribution is -2.33. The molecule has 0 spiro atoms. The maximum Gasteiger partial charge on any atom is 0.257 e. The second-order valence-corrected chi connectivity index (χ2v) is 9.43. The van der Waals surface area contributed by atoms with Crippen LogP contribution in [0.5, 0.6) is 0 Å². The number of nitrogens with one attached hydrogen (secondary N) is 3. The Hall–Kier alpha value is -4.77. The number of aromatic nitrogens is 2. The first-order valence-electron chi connectivity index (χ1n) is 12.9. The van der Waals surface area contributed by atoms with Crippen LogP contribution in [0.3, 0.4) is 0 Å². The summed E-state index contributed by atoms with van der Waals surface area (Å²) in [6.07, 6.45) is 5.02. The molecule has 1 fully saturated rings. The molecule has 204 valence electrons. The van der Waals surface area contributed by atoms with E-state index in [0.29, 0.717) is 35.9 Å². The van der Waals surface area contributed by atoms with Crippen molar-refractivity contribution in [2.24, 2.45) is 0 Å². The molecule has 2 heterocycles. The topological polar surface area (TPSA) is 145 Å². The SMILES string of the molecule is COCc1nc(Nc2ccc(C#N)cc2)nc(Nc2c(C)cc(/C=C/C#N)cc2C)c1C(=O)NCC1CCCO1. The minimum Gasteiger partial charge on any atom is -0.378 e. The molecule has 1 amide bonds. The number of carbonyl (C=O) groups excluding carboxylic acids is 1. The monoisotopic (exact) mass is 537 g/mol. The molecule has 1 unspecified atom stereocenters. The summed E-state index contributed by atoms with van der Waals surface area (Å²) in [4.78, 5) is 22.9. The van der Waals surface area contributed by atoms with Crippen LogP contribution >= 0.6 is 0 Å². The lowest BCUT2D eigenvalue weighted by molar-refractivity contribution is 0.0854. The first-order chi connectivity index (χ1) is 19.4. The smallest absolute Gasteiger partial charge is 0.257 e. The molecule has 0 radical (unpaired) electrons. The predicted molar refractivity (Wildman–Crippen MR) is 152 cm³/mol. The van der Waals surface area contributed by atoms with Gasteiger partial charge in [-0.05, 0) is 85.9 Å². The summed E-state index contributed by atoms with van der Waals surface area (Å²) >= 11 is 0. The summed E-state index contributed by atoms with van der Waals surface area (Å²) in [6, 6.07) is 14.9. The summed E-state index contributed by atoms with van der Waals surface area (Å²) in [7, 11) is 1.54. The van der Waals surface area contributed by atoms with Gasteiger partial charge in [-0.3, -0.25) is 4.79 Å². The highest BCUT2D eigenvalue weighted by molar-refractivity contribution is 6.01. The van der Waals surface area contributed by atoms with Crippen molar-refractivity contribution in [1.82, 2.24) is 15.3 Å². The molecule has 1 aliphatic heterocycles. The highest BCUT2D eigenvalue weighted by Gasteiger charge is 2.24. The third kappa shape index (κ3) is 7.00. The molecular weight excluding hydrogens is 506 g/mol. The van der Waals surface area contributed by atoms with Crippen molar-refractivity contribution in [3.63, 3.8) is 0 Å². The third-order valence-corrected chi connectivity index (χ3v) is 6.43. The lowest BCUT2D eigenvalue weighted by Gasteiger charge is -2.20. The zero-order valence-electron chi connectivity index (χ0n) is 22.7. The van der Waals surface area contributed by atoms with Gasteiger partial charge >= 0.3 is 0 Å². The van der Waals surface area contributed by atoms with E-state index < -0.39 is 0 Å². The number of allylic oxidation sites excluding steroid dienone is 1. The zero-order valence-corrected chi connectivity index (χ0v) is 22.7. The molecule has 10 nitrogen and oxygen atoms in total. The number of nitrogens with zero attached hydrogens (tertiary/aromatic N) is 4. The van der Waals surface area contributed by atoms with Gasteiger partial charge in [-0.1, -0.05) is 0 Å². The fraction of sp³-hybridized carbons (Fsp3) is 0.300. The molecule has 4 rings (SSSR count). The quantitative estimate of drug-likeness (QED) is 0.303. The molecule has 0 aliphatic carbocycles. The van der Waals surface area contributed by atoms with E-state index in [1.165, 1.54) is 6.08 Å². The number of anilines is 4.